The molecule has 10 nitrogen and oxygen atoms in total. The van der Waals surface area contributed by atoms with Crippen LogP contribution in [-0.2, 0) is 4.74 Å². The molecule has 1 atom stereocenters. The molecule has 3 aromatic heterocycles. The van der Waals surface area contributed by atoms with Crippen molar-refractivity contribution in [2.45, 2.75) is 39.3 Å². The van der Waals surface area contributed by atoms with Gasteiger partial charge in [0.15, 0.2) is 5.82 Å². The highest BCUT2D eigenvalue weighted by Gasteiger charge is 2.30. The number of aromatic nitrogens is 5. The van der Waals surface area contributed by atoms with Crippen LogP contribution in [0.1, 0.15) is 27.7 Å². The molecule has 1 amide bonds. The lowest BCUT2D eigenvalue weighted by Crippen LogP contribution is -2.54. The average molecular weight is 487 g/mol. The average Bonchev–Trinajstić information content (AvgIpc) is 3.22. The zero-order chi connectivity index (χ0) is 25.3. The van der Waals surface area contributed by atoms with Crippen LogP contribution in [-0.4, -0.2) is 67.0 Å². The molecule has 0 spiro atoms. The Labute approximate surface area is 209 Å². The molecular formula is C26H30N8O2. The number of piperazine rings is 1. The van der Waals surface area contributed by atoms with Crippen molar-refractivity contribution >= 4 is 34.3 Å². The third-order valence-corrected chi connectivity index (χ3v) is 5.96. The van der Waals surface area contributed by atoms with Gasteiger partial charge in [-0.15, -0.1) is 5.10 Å². The van der Waals surface area contributed by atoms with Gasteiger partial charge in [-0.1, -0.05) is 12.1 Å². The molecule has 0 saturated carbocycles. The normalized spacial score (nSPS) is 16.3. The molecule has 1 N–H and O–H groups in total. The monoisotopic (exact) mass is 486 g/mol. The minimum absolute atomic E-state index is 0.103. The van der Waals surface area contributed by atoms with E-state index in [-0.39, 0.29) is 12.1 Å². The van der Waals surface area contributed by atoms with Crippen LogP contribution in [0.2, 0.25) is 0 Å². The molecule has 4 heterocycles. The van der Waals surface area contributed by atoms with Gasteiger partial charge in [-0.3, -0.25) is 9.97 Å². The van der Waals surface area contributed by atoms with Gasteiger partial charge in [0, 0.05) is 43.5 Å². The van der Waals surface area contributed by atoms with Gasteiger partial charge in [0.1, 0.15) is 11.4 Å². The summed E-state index contributed by atoms with van der Waals surface area (Å²) in [5, 5.41) is 9.07. The summed E-state index contributed by atoms with van der Waals surface area (Å²) in [5.41, 5.74) is 2.26. The lowest BCUT2D eigenvalue weighted by atomic mass is 10.1. The van der Waals surface area contributed by atoms with Gasteiger partial charge < -0.3 is 19.9 Å². The largest absolute Gasteiger partial charge is 0.444 e. The van der Waals surface area contributed by atoms with Crippen molar-refractivity contribution in [2.24, 2.45) is 0 Å². The van der Waals surface area contributed by atoms with E-state index < -0.39 is 5.60 Å². The number of pyridine rings is 1. The van der Waals surface area contributed by atoms with Crippen LogP contribution in [0, 0.1) is 0 Å². The number of carbonyl (C=O) groups is 1. The minimum Gasteiger partial charge on any atom is -0.444 e. The maximum atomic E-state index is 12.5. The molecule has 1 aliphatic rings. The van der Waals surface area contributed by atoms with Crippen molar-refractivity contribution in [3.8, 4) is 5.69 Å². The van der Waals surface area contributed by atoms with Crippen molar-refractivity contribution in [1.82, 2.24) is 29.6 Å². The SMILES string of the molecule is C[C@H]1CN(C(=O)OC(C)(C)C)CCN1c1cncc(-n2nc(Nc3cnccn3)c3ccccc32)c1. The highest BCUT2D eigenvalue weighted by atomic mass is 16.6. The second-order valence-electron chi connectivity index (χ2n) is 9.86. The van der Waals surface area contributed by atoms with E-state index >= 15 is 0 Å². The highest BCUT2D eigenvalue weighted by Crippen LogP contribution is 2.29. The fourth-order valence-electron chi connectivity index (χ4n) is 4.36. The third-order valence-electron chi connectivity index (χ3n) is 5.96. The number of para-hydroxylation sites is 1. The van der Waals surface area contributed by atoms with Crippen molar-refractivity contribution in [3.05, 3.63) is 61.3 Å². The molecule has 0 unspecified atom stereocenters. The first-order valence-electron chi connectivity index (χ1n) is 12.0. The van der Waals surface area contributed by atoms with Crippen LogP contribution in [0.25, 0.3) is 16.6 Å². The predicted molar refractivity (Wildman–Crippen MR) is 139 cm³/mol. The summed E-state index contributed by atoms with van der Waals surface area (Å²) < 4.78 is 7.44. The predicted octanol–water partition coefficient (Wildman–Crippen LogP) is 4.40. The van der Waals surface area contributed by atoms with Crippen LogP contribution in [0.3, 0.4) is 0 Å². The van der Waals surface area contributed by atoms with Crippen LogP contribution in [0.4, 0.5) is 22.1 Å². The molecule has 0 bridgehead atoms. The summed E-state index contributed by atoms with van der Waals surface area (Å²) in [7, 11) is 0. The van der Waals surface area contributed by atoms with Gasteiger partial charge in [-0.05, 0) is 45.9 Å². The van der Waals surface area contributed by atoms with Gasteiger partial charge in [0.2, 0.25) is 0 Å². The Bertz CT molecular complexity index is 1370. The fraction of sp³-hybridized carbons (Fsp3) is 0.346. The molecule has 4 aromatic rings. The Hall–Kier alpha value is -4.21. The molecular weight excluding hydrogens is 456 g/mol. The fourth-order valence-corrected chi connectivity index (χ4v) is 4.36. The van der Waals surface area contributed by atoms with Gasteiger partial charge in [0.05, 0.1) is 35.5 Å². The van der Waals surface area contributed by atoms with Crippen LogP contribution >= 0.6 is 0 Å². The molecule has 0 radical (unpaired) electrons. The molecule has 1 aliphatic heterocycles. The molecule has 10 heteroatoms. The zero-order valence-electron chi connectivity index (χ0n) is 20.9. The van der Waals surface area contributed by atoms with Crippen molar-refractivity contribution in [1.29, 1.82) is 0 Å². The summed E-state index contributed by atoms with van der Waals surface area (Å²) >= 11 is 0. The summed E-state index contributed by atoms with van der Waals surface area (Å²) in [6.45, 7) is 9.61. The number of rotatable bonds is 4. The van der Waals surface area contributed by atoms with Gasteiger partial charge in [0.25, 0.3) is 0 Å². The Kier molecular flexibility index (Phi) is 6.17. The first-order valence-corrected chi connectivity index (χ1v) is 12.0. The first kappa shape index (κ1) is 23.5. The summed E-state index contributed by atoms with van der Waals surface area (Å²) in [6.07, 6.45) is 8.32. The molecule has 1 fully saturated rings. The molecule has 36 heavy (non-hydrogen) atoms. The lowest BCUT2D eigenvalue weighted by molar-refractivity contribution is 0.0219. The second-order valence-corrected chi connectivity index (χ2v) is 9.86. The summed E-state index contributed by atoms with van der Waals surface area (Å²) in [6, 6.07) is 10.2. The molecule has 1 saturated heterocycles. The van der Waals surface area contributed by atoms with Crippen molar-refractivity contribution in [3.63, 3.8) is 0 Å². The standard InChI is InChI=1S/C26H30N8O2/c1-18-17-32(25(35)36-26(2,3)4)11-12-33(18)19-13-20(15-28-14-19)34-22-8-6-5-7-21(22)24(31-34)30-23-16-27-9-10-29-23/h5-10,13-16,18H,11-12,17H2,1-4H3,(H,29,30,31)/t18-/m0/s1. The summed E-state index contributed by atoms with van der Waals surface area (Å²) in [5.74, 6) is 1.31. The van der Waals surface area contributed by atoms with Crippen LogP contribution < -0.4 is 10.2 Å². The van der Waals surface area contributed by atoms with Gasteiger partial charge in [-0.2, -0.15) is 0 Å². The number of nitrogens with zero attached hydrogens (tertiary/aromatic N) is 7. The van der Waals surface area contributed by atoms with E-state index in [2.05, 4.69) is 38.2 Å². The number of benzene rings is 1. The Morgan fingerprint density at radius 3 is 2.61 bits per heavy atom. The number of hydrogen-bond acceptors (Lipinski definition) is 8. The van der Waals surface area contributed by atoms with E-state index in [0.29, 0.717) is 31.3 Å². The lowest BCUT2D eigenvalue weighted by Gasteiger charge is -2.41. The Balaban J connectivity index is 1.40. The minimum atomic E-state index is -0.511. The summed E-state index contributed by atoms with van der Waals surface area (Å²) in [4.78, 5) is 29.5. The number of carbonyl (C=O) groups excluding carboxylic acids is 1. The number of hydrogen-bond donors (Lipinski definition) is 1. The maximum absolute atomic E-state index is 12.5. The molecule has 5 rings (SSSR count). The van der Waals surface area contributed by atoms with E-state index in [4.69, 9.17) is 9.84 Å². The van der Waals surface area contributed by atoms with Crippen molar-refractivity contribution in [2.75, 3.05) is 29.9 Å². The maximum Gasteiger partial charge on any atom is 0.410 e. The van der Waals surface area contributed by atoms with Gasteiger partial charge in [-0.25, -0.2) is 14.5 Å². The topological polar surface area (TPSA) is 101 Å². The van der Waals surface area contributed by atoms with Crippen LogP contribution in [0.5, 0.6) is 0 Å². The quantitative estimate of drug-likeness (QED) is 0.453. The van der Waals surface area contributed by atoms with E-state index in [1.807, 2.05) is 55.9 Å². The van der Waals surface area contributed by atoms with E-state index in [1.54, 1.807) is 29.7 Å². The number of amides is 1. The van der Waals surface area contributed by atoms with E-state index in [1.165, 1.54) is 0 Å². The highest BCUT2D eigenvalue weighted by molar-refractivity contribution is 5.92. The van der Waals surface area contributed by atoms with Crippen molar-refractivity contribution < 1.29 is 9.53 Å². The molecule has 1 aromatic carbocycles. The van der Waals surface area contributed by atoms with E-state index in [0.717, 1.165) is 22.3 Å². The smallest absolute Gasteiger partial charge is 0.410 e. The molecule has 0 aliphatic carbocycles. The number of fused-ring (bicyclic) bond motifs is 1. The Morgan fingerprint density at radius 2 is 1.86 bits per heavy atom. The number of anilines is 3. The first-order chi connectivity index (χ1) is 17.3. The van der Waals surface area contributed by atoms with Gasteiger partial charge >= 0.3 is 6.09 Å². The number of nitrogens with one attached hydrogen (secondary N) is 1. The third kappa shape index (κ3) is 4.93. The molecule has 186 valence electrons. The van der Waals surface area contributed by atoms with E-state index in [9.17, 15) is 4.79 Å². The van der Waals surface area contributed by atoms with Crippen LogP contribution in [0.15, 0.2) is 61.3 Å². The zero-order valence-corrected chi connectivity index (χ0v) is 20.9. The Morgan fingerprint density at radius 1 is 1.06 bits per heavy atom. The number of ether oxygens (including phenoxy) is 1. The second kappa shape index (κ2) is 9.44.